The van der Waals surface area contributed by atoms with Gasteiger partial charge in [-0.15, -0.1) is 0 Å². The van der Waals surface area contributed by atoms with E-state index in [0.717, 1.165) is 32.1 Å². The van der Waals surface area contributed by atoms with Gasteiger partial charge in [0.05, 0.1) is 30.1 Å². The maximum absolute atomic E-state index is 13.3. The van der Waals surface area contributed by atoms with Crippen molar-refractivity contribution in [2.24, 2.45) is 0 Å². The van der Waals surface area contributed by atoms with Gasteiger partial charge in [-0.05, 0) is 55.5 Å². The molecule has 3 aromatic carbocycles. The molecule has 1 aliphatic rings. The number of para-hydroxylation sites is 2. The van der Waals surface area contributed by atoms with Crippen molar-refractivity contribution in [3.05, 3.63) is 83.9 Å². The maximum atomic E-state index is 13.3. The van der Waals surface area contributed by atoms with Crippen molar-refractivity contribution < 1.29 is 34.1 Å². The number of carbonyl (C=O) groups is 3. The Morgan fingerprint density at radius 2 is 1.63 bits per heavy atom. The van der Waals surface area contributed by atoms with Crippen molar-refractivity contribution in [1.82, 2.24) is 0 Å². The summed E-state index contributed by atoms with van der Waals surface area (Å²) >= 11 is 0. The lowest BCUT2D eigenvalue weighted by atomic mass is 10.1. The minimum atomic E-state index is -1.16. The van der Waals surface area contributed by atoms with E-state index in [4.69, 9.17) is 14.6 Å². The van der Waals surface area contributed by atoms with E-state index in [1.54, 1.807) is 41.3 Å². The molecule has 9 heteroatoms. The zero-order valence-corrected chi connectivity index (χ0v) is 23.0. The van der Waals surface area contributed by atoms with Gasteiger partial charge in [0.2, 0.25) is 6.10 Å². The summed E-state index contributed by atoms with van der Waals surface area (Å²) in [6, 6.07) is 22.6. The minimum absolute atomic E-state index is 0.0364. The molecule has 0 fully saturated rings. The van der Waals surface area contributed by atoms with E-state index >= 15 is 0 Å². The molecule has 41 heavy (non-hydrogen) atoms. The number of aryl methyl sites for hydroxylation is 1. The number of fused-ring (bicyclic) bond motifs is 1. The van der Waals surface area contributed by atoms with E-state index in [1.165, 1.54) is 5.56 Å². The number of nitrogens with one attached hydrogen (secondary N) is 1. The normalized spacial score (nSPS) is 14.0. The average molecular weight is 561 g/mol. The maximum Gasteiger partial charge on any atom is 0.346 e. The Morgan fingerprint density at radius 1 is 0.878 bits per heavy atom. The number of carboxylic acid groups (broad SMARTS) is 2. The molecule has 0 bridgehead atoms. The summed E-state index contributed by atoms with van der Waals surface area (Å²) in [7, 11) is 0. The third-order valence-electron chi connectivity index (χ3n) is 6.92. The Bertz CT molecular complexity index is 1330. The first-order chi connectivity index (χ1) is 19.9. The van der Waals surface area contributed by atoms with E-state index in [1.807, 2.05) is 12.1 Å². The highest BCUT2D eigenvalue weighted by Crippen LogP contribution is 2.40. The molecule has 0 radical (unpaired) electrons. The van der Waals surface area contributed by atoms with Crippen LogP contribution in [0.2, 0.25) is 0 Å². The Kier molecular flexibility index (Phi) is 10.6. The number of amides is 1. The summed E-state index contributed by atoms with van der Waals surface area (Å²) in [4.78, 5) is 37.9. The van der Waals surface area contributed by atoms with Crippen LogP contribution in [0.5, 0.6) is 11.5 Å². The van der Waals surface area contributed by atoms with Crippen molar-refractivity contribution in [3.8, 4) is 11.5 Å². The summed E-state index contributed by atoms with van der Waals surface area (Å²) < 4.78 is 11.8. The van der Waals surface area contributed by atoms with Gasteiger partial charge in [0.15, 0.2) is 5.75 Å². The van der Waals surface area contributed by atoms with Crippen LogP contribution in [0.4, 0.5) is 11.4 Å². The number of rotatable bonds is 15. The lowest BCUT2D eigenvalue weighted by Gasteiger charge is -2.35. The van der Waals surface area contributed by atoms with Crippen LogP contribution in [0.25, 0.3) is 0 Å². The van der Waals surface area contributed by atoms with Crippen molar-refractivity contribution in [2.45, 2.75) is 51.0 Å². The second-order valence-corrected chi connectivity index (χ2v) is 9.99. The van der Waals surface area contributed by atoms with Crippen molar-refractivity contribution in [3.63, 3.8) is 0 Å². The molecular formula is C32H36N2O7. The number of ether oxygens (including phenoxy) is 2. The van der Waals surface area contributed by atoms with Gasteiger partial charge in [0.1, 0.15) is 5.75 Å². The van der Waals surface area contributed by atoms with Crippen LogP contribution in [-0.4, -0.2) is 53.9 Å². The molecule has 0 saturated carbocycles. The van der Waals surface area contributed by atoms with Crippen LogP contribution in [0.3, 0.4) is 0 Å². The van der Waals surface area contributed by atoms with Crippen LogP contribution in [0.15, 0.2) is 72.8 Å². The zero-order chi connectivity index (χ0) is 29.0. The average Bonchev–Trinajstić information content (AvgIpc) is 2.97. The van der Waals surface area contributed by atoms with Crippen LogP contribution < -0.4 is 19.7 Å². The van der Waals surface area contributed by atoms with E-state index in [9.17, 15) is 19.5 Å². The number of nitrogens with zero attached hydrogens (tertiary/aromatic N) is 1. The van der Waals surface area contributed by atoms with Gasteiger partial charge in [-0.1, -0.05) is 61.4 Å². The van der Waals surface area contributed by atoms with Gasteiger partial charge in [-0.2, -0.15) is 0 Å². The van der Waals surface area contributed by atoms with Crippen LogP contribution >= 0.6 is 0 Å². The molecule has 0 spiro atoms. The molecule has 9 nitrogen and oxygen atoms in total. The largest absolute Gasteiger partial charge is 0.493 e. The molecule has 3 aromatic rings. The number of unbranched alkanes of at least 4 members (excludes halogenated alkanes) is 3. The van der Waals surface area contributed by atoms with Gasteiger partial charge in [0.25, 0.3) is 5.91 Å². The fourth-order valence-electron chi connectivity index (χ4n) is 4.82. The van der Waals surface area contributed by atoms with Crippen LogP contribution in [0.1, 0.15) is 54.4 Å². The highest BCUT2D eigenvalue weighted by Gasteiger charge is 2.32. The quantitative estimate of drug-likeness (QED) is 0.204. The fourth-order valence-corrected chi connectivity index (χ4v) is 4.82. The molecule has 0 saturated heterocycles. The number of hydrogen-bond donors (Lipinski definition) is 3. The number of anilines is 2. The van der Waals surface area contributed by atoms with Gasteiger partial charge >= 0.3 is 11.9 Å². The molecule has 1 amide bonds. The monoisotopic (exact) mass is 560 g/mol. The lowest BCUT2D eigenvalue weighted by molar-refractivity contribution is -0.145. The van der Waals surface area contributed by atoms with E-state index in [-0.39, 0.29) is 18.7 Å². The highest BCUT2D eigenvalue weighted by atomic mass is 16.5. The first kappa shape index (κ1) is 29.5. The Morgan fingerprint density at radius 3 is 2.41 bits per heavy atom. The number of hydrogen-bond acceptors (Lipinski definition) is 6. The smallest absolute Gasteiger partial charge is 0.346 e. The van der Waals surface area contributed by atoms with Gasteiger partial charge in [-0.3, -0.25) is 9.59 Å². The van der Waals surface area contributed by atoms with Crippen molar-refractivity contribution in [1.29, 1.82) is 0 Å². The van der Waals surface area contributed by atoms with Crippen molar-refractivity contribution >= 4 is 29.2 Å². The minimum Gasteiger partial charge on any atom is -0.493 e. The van der Waals surface area contributed by atoms with Crippen LogP contribution in [0, 0.1) is 0 Å². The molecule has 1 unspecified atom stereocenters. The summed E-state index contributed by atoms with van der Waals surface area (Å²) in [6.07, 6.45) is 4.33. The molecule has 216 valence electrons. The SMILES string of the molecule is O=C(O)CCCN1CC(C(=O)O)Oc2c(NC(=O)c3ccccc3OCCCCCCc3ccccc3)cccc21. The van der Waals surface area contributed by atoms with E-state index < -0.39 is 23.9 Å². The summed E-state index contributed by atoms with van der Waals surface area (Å²) in [5.41, 5.74) is 2.63. The van der Waals surface area contributed by atoms with Crippen LogP contribution in [-0.2, 0) is 16.0 Å². The third kappa shape index (κ3) is 8.48. The molecule has 3 N–H and O–H groups in total. The fraction of sp³-hybridized carbons (Fsp3) is 0.344. The lowest BCUT2D eigenvalue weighted by Crippen LogP contribution is -2.45. The Balaban J connectivity index is 1.36. The first-order valence-corrected chi connectivity index (χ1v) is 14.0. The molecule has 1 aliphatic heterocycles. The van der Waals surface area contributed by atoms with Crippen molar-refractivity contribution in [2.75, 3.05) is 29.9 Å². The Labute approximate surface area is 239 Å². The number of carboxylic acids is 2. The zero-order valence-electron chi connectivity index (χ0n) is 23.0. The standard InChI is InChI=1S/C32H36N2O7/c35-29(36)19-11-20-34-22-28(32(38)39)41-30-25(16-10-17-26(30)34)33-31(37)24-15-7-8-18-27(24)40-21-9-2-1-4-12-23-13-5-3-6-14-23/h3,5-8,10,13-18,28H,1-2,4,9,11-12,19-22H2,(H,33,37)(H,35,36)(H,38,39). The predicted octanol–water partition coefficient (Wildman–Crippen LogP) is 5.64. The van der Waals surface area contributed by atoms with Gasteiger partial charge < -0.3 is 29.9 Å². The van der Waals surface area contributed by atoms with E-state index in [0.29, 0.717) is 42.3 Å². The highest BCUT2D eigenvalue weighted by molar-refractivity contribution is 6.07. The second kappa shape index (κ2) is 14.7. The molecule has 1 heterocycles. The molecule has 0 aromatic heterocycles. The number of aliphatic carboxylic acids is 2. The molecule has 1 atom stereocenters. The van der Waals surface area contributed by atoms with Gasteiger partial charge in [0, 0.05) is 13.0 Å². The topological polar surface area (TPSA) is 125 Å². The van der Waals surface area contributed by atoms with E-state index in [2.05, 4.69) is 29.6 Å². The summed E-state index contributed by atoms with van der Waals surface area (Å²) in [6.45, 7) is 0.903. The second-order valence-electron chi connectivity index (χ2n) is 9.99. The predicted molar refractivity (Wildman–Crippen MR) is 156 cm³/mol. The summed E-state index contributed by atoms with van der Waals surface area (Å²) in [5, 5.41) is 21.5. The first-order valence-electron chi connectivity index (χ1n) is 14.0. The third-order valence-corrected chi connectivity index (χ3v) is 6.92. The molecule has 4 rings (SSSR count). The van der Waals surface area contributed by atoms with Gasteiger partial charge in [-0.25, -0.2) is 4.79 Å². The number of benzene rings is 3. The molecule has 0 aliphatic carbocycles. The Hall–Kier alpha value is -4.53. The number of carbonyl (C=O) groups excluding carboxylic acids is 1. The summed E-state index contributed by atoms with van der Waals surface area (Å²) in [5.74, 6) is -1.75. The molecular weight excluding hydrogens is 524 g/mol.